The van der Waals surface area contributed by atoms with E-state index in [0.29, 0.717) is 28.7 Å². The Kier molecular flexibility index (Phi) is 7.59. The molecule has 3 aromatic carbocycles. The molecule has 3 rings (SSSR count). The lowest BCUT2D eigenvalue weighted by molar-refractivity contribution is -0.119. The van der Waals surface area contributed by atoms with Crippen LogP contribution in [-0.4, -0.2) is 27.4 Å². The van der Waals surface area contributed by atoms with Crippen molar-refractivity contribution in [3.8, 4) is 0 Å². The fraction of sp³-hybridized carbons (Fsp3) is 0.174. The van der Waals surface area contributed by atoms with Gasteiger partial charge in [0.1, 0.15) is 6.54 Å². The highest BCUT2D eigenvalue weighted by Crippen LogP contribution is 2.25. The zero-order valence-electron chi connectivity index (χ0n) is 16.9. The first-order valence-corrected chi connectivity index (χ1v) is 11.8. The van der Waals surface area contributed by atoms with E-state index >= 15 is 0 Å². The van der Waals surface area contributed by atoms with Gasteiger partial charge in [-0.15, -0.1) is 0 Å². The summed E-state index contributed by atoms with van der Waals surface area (Å²) in [7, 11) is -3.95. The SMILES string of the molecule is Cc1ccc(S(=O)(=O)N(CC(=O)NCCc2ccc(Cl)cc2)c2ccc(Cl)cc2)cc1. The molecule has 0 bridgehead atoms. The standard InChI is InChI=1S/C23H22Cl2N2O3S/c1-17-2-12-22(13-3-17)31(29,30)27(21-10-8-20(25)9-11-21)16-23(28)26-15-14-18-4-6-19(24)7-5-18/h2-13H,14-16H2,1H3,(H,26,28). The molecule has 0 spiro atoms. The van der Waals surface area contributed by atoms with Gasteiger partial charge in [0.2, 0.25) is 5.91 Å². The molecule has 162 valence electrons. The quantitative estimate of drug-likeness (QED) is 0.504. The van der Waals surface area contributed by atoms with Crippen LogP contribution in [0.1, 0.15) is 11.1 Å². The molecule has 31 heavy (non-hydrogen) atoms. The molecule has 0 radical (unpaired) electrons. The first-order valence-electron chi connectivity index (χ1n) is 9.62. The van der Waals surface area contributed by atoms with Crippen molar-refractivity contribution in [2.24, 2.45) is 0 Å². The molecule has 3 aromatic rings. The summed E-state index contributed by atoms with van der Waals surface area (Å²) in [4.78, 5) is 12.7. The average Bonchev–Trinajstić information content (AvgIpc) is 2.74. The number of halogens is 2. The molecule has 0 aliphatic rings. The lowest BCUT2D eigenvalue weighted by Gasteiger charge is -2.24. The molecule has 8 heteroatoms. The molecule has 0 saturated carbocycles. The van der Waals surface area contributed by atoms with Crippen LogP contribution in [0.4, 0.5) is 5.69 Å². The fourth-order valence-electron chi connectivity index (χ4n) is 2.94. The molecular weight excluding hydrogens is 455 g/mol. The normalized spacial score (nSPS) is 11.2. The number of carbonyl (C=O) groups excluding carboxylic acids is 1. The van der Waals surface area contributed by atoms with Crippen LogP contribution in [0.5, 0.6) is 0 Å². The van der Waals surface area contributed by atoms with Crippen LogP contribution < -0.4 is 9.62 Å². The van der Waals surface area contributed by atoms with E-state index in [4.69, 9.17) is 23.2 Å². The van der Waals surface area contributed by atoms with Gasteiger partial charge in [0.05, 0.1) is 10.6 Å². The maximum Gasteiger partial charge on any atom is 0.264 e. The minimum Gasteiger partial charge on any atom is -0.354 e. The van der Waals surface area contributed by atoms with Gasteiger partial charge >= 0.3 is 0 Å². The molecule has 0 fully saturated rings. The van der Waals surface area contributed by atoms with E-state index in [-0.39, 0.29) is 11.4 Å². The minimum absolute atomic E-state index is 0.113. The zero-order chi connectivity index (χ0) is 22.4. The number of anilines is 1. The van der Waals surface area contributed by atoms with Crippen molar-refractivity contribution < 1.29 is 13.2 Å². The van der Waals surface area contributed by atoms with Gasteiger partial charge in [-0.05, 0) is 67.4 Å². The Hall–Kier alpha value is -2.54. The van der Waals surface area contributed by atoms with Crippen LogP contribution >= 0.6 is 23.2 Å². The van der Waals surface area contributed by atoms with Gasteiger partial charge in [-0.3, -0.25) is 9.10 Å². The van der Waals surface area contributed by atoms with Crippen LogP contribution in [0.25, 0.3) is 0 Å². The molecule has 0 aliphatic heterocycles. The summed E-state index contributed by atoms with van der Waals surface area (Å²) in [6.45, 7) is 1.90. The van der Waals surface area contributed by atoms with Crippen molar-refractivity contribution in [3.63, 3.8) is 0 Å². The Balaban J connectivity index is 1.76. The van der Waals surface area contributed by atoms with E-state index in [0.717, 1.165) is 15.4 Å². The van der Waals surface area contributed by atoms with Gasteiger partial charge in [-0.25, -0.2) is 8.42 Å². The Morgan fingerprint density at radius 3 is 2.00 bits per heavy atom. The number of nitrogens with zero attached hydrogens (tertiary/aromatic N) is 1. The van der Waals surface area contributed by atoms with Crippen molar-refractivity contribution >= 4 is 44.8 Å². The maximum absolute atomic E-state index is 13.3. The topological polar surface area (TPSA) is 66.5 Å². The Labute approximate surface area is 192 Å². The summed E-state index contributed by atoms with van der Waals surface area (Å²) in [5, 5.41) is 3.91. The molecule has 0 aromatic heterocycles. The molecule has 1 N–H and O–H groups in total. The summed E-state index contributed by atoms with van der Waals surface area (Å²) in [5.41, 5.74) is 2.32. The van der Waals surface area contributed by atoms with Crippen LogP contribution in [-0.2, 0) is 21.2 Å². The monoisotopic (exact) mass is 476 g/mol. The van der Waals surface area contributed by atoms with Crippen LogP contribution in [0.2, 0.25) is 10.0 Å². The van der Waals surface area contributed by atoms with E-state index in [2.05, 4.69) is 5.32 Å². The molecule has 0 aliphatic carbocycles. The molecule has 1 amide bonds. The number of hydrogen-bond donors (Lipinski definition) is 1. The Morgan fingerprint density at radius 1 is 0.871 bits per heavy atom. The number of rotatable bonds is 8. The third kappa shape index (κ3) is 6.23. The predicted octanol–water partition coefficient (Wildman–Crippen LogP) is 4.86. The van der Waals surface area contributed by atoms with Gasteiger partial charge < -0.3 is 5.32 Å². The van der Waals surface area contributed by atoms with Gasteiger partial charge in [0.25, 0.3) is 10.0 Å². The minimum atomic E-state index is -3.95. The summed E-state index contributed by atoms with van der Waals surface area (Å²) in [6, 6.07) is 20.2. The number of benzene rings is 3. The first-order chi connectivity index (χ1) is 14.8. The molecular formula is C23H22Cl2N2O3S. The van der Waals surface area contributed by atoms with Crippen molar-refractivity contribution in [1.29, 1.82) is 0 Å². The molecule has 0 atom stereocenters. The third-order valence-corrected chi connectivity index (χ3v) is 6.95. The number of carbonyl (C=O) groups is 1. The van der Waals surface area contributed by atoms with Crippen LogP contribution in [0.3, 0.4) is 0 Å². The van der Waals surface area contributed by atoms with Gasteiger partial charge in [0.15, 0.2) is 0 Å². The first kappa shape index (κ1) is 23.1. The van der Waals surface area contributed by atoms with Crippen molar-refractivity contribution in [1.82, 2.24) is 5.32 Å². The van der Waals surface area contributed by atoms with Crippen LogP contribution in [0, 0.1) is 6.92 Å². The highest BCUT2D eigenvalue weighted by Gasteiger charge is 2.27. The molecule has 0 saturated heterocycles. The van der Waals surface area contributed by atoms with Gasteiger partial charge in [-0.2, -0.15) is 0 Å². The Bertz CT molecular complexity index is 1130. The predicted molar refractivity (Wildman–Crippen MR) is 125 cm³/mol. The largest absolute Gasteiger partial charge is 0.354 e. The highest BCUT2D eigenvalue weighted by atomic mass is 35.5. The molecule has 5 nitrogen and oxygen atoms in total. The Morgan fingerprint density at radius 2 is 1.42 bits per heavy atom. The number of hydrogen-bond acceptors (Lipinski definition) is 3. The van der Waals surface area contributed by atoms with Crippen LogP contribution in [0.15, 0.2) is 77.7 Å². The second kappa shape index (κ2) is 10.2. The third-order valence-electron chi connectivity index (χ3n) is 4.66. The highest BCUT2D eigenvalue weighted by molar-refractivity contribution is 7.92. The molecule has 0 unspecified atom stereocenters. The van der Waals surface area contributed by atoms with Crippen molar-refractivity contribution in [2.45, 2.75) is 18.2 Å². The van der Waals surface area contributed by atoms with E-state index < -0.39 is 15.9 Å². The zero-order valence-corrected chi connectivity index (χ0v) is 19.2. The van der Waals surface area contributed by atoms with Crippen molar-refractivity contribution in [2.75, 3.05) is 17.4 Å². The lowest BCUT2D eigenvalue weighted by atomic mass is 10.1. The number of amides is 1. The summed E-state index contributed by atoms with van der Waals surface area (Å²) in [6.07, 6.45) is 0.606. The van der Waals surface area contributed by atoms with E-state index in [1.165, 1.54) is 12.1 Å². The van der Waals surface area contributed by atoms with Crippen molar-refractivity contribution in [3.05, 3.63) is 94.0 Å². The van der Waals surface area contributed by atoms with Gasteiger partial charge in [0, 0.05) is 16.6 Å². The number of sulfonamides is 1. The summed E-state index contributed by atoms with van der Waals surface area (Å²) in [5.74, 6) is -0.403. The van der Waals surface area contributed by atoms with E-state index in [1.807, 2.05) is 19.1 Å². The summed E-state index contributed by atoms with van der Waals surface area (Å²) < 4.78 is 27.7. The lowest BCUT2D eigenvalue weighted by Crippen LogP contribution is -2.41. The number of nitrogens with one attached hydrogen (secondary N) is 1. The maximum atomic E-state index is 13.3. The second-order valence-corrected chi connectivity index (χ2v) is 9.76. The second-order valence-electron chi connectivity index (χ2n) is 7.03. The van der Waals surface area contributed by atoms with Gasteiger partial charge in [-0.1, -0.05) is 53.0 Å². The molecule has 0 heterocycles. The fourth-order valence-corrected chi connectivity index (χ4v) is 4.62. The number of aryl methyl sites for hydroxylation is 1. The summed E-state index contributed by atoms with van der Waals surface area (Å²) >= 11 is 11.8. The van der Waals surface area contributed by atoms with E-state index in [1.54, 1.807) is 48.5 Å². The average molecular weight is 477 g/mol. The smallest absolute Gasteiger partial charge is 0.264 e. The van der Waals surface area contributed by atoms with E-state index in [9.17, 15) is 13.2 Å².